The highest BCUT2D eigenvalue weighted by Crippen LogP contribution is 2.16. The molecule has 1 aromatic carbocycles. The molecule has 0 aliphatic heterocycles. The second kappa shape index (κ2) is 4.67. The molecule has 3 N–H and O–H groups in total. The molecule has 0 fully saturated rings. The van der Waals surface area contributed by atoms with E-state index in [-0.39, 0.29) is 11.3 Å². The highest BCUT2D eigenvalue weighted by atomic mass is 16.2. The van der Waals surface area contributed by atoms with Crippen LogP contribution in [0.4, 0.5) is 0 Å². The van der Waals surface area contributed by atoms with Gasteiger partial charge < -0.3 is 11.1 Å². The Morgan fingerprint density at radius 3 is 2.72 bits per heavy atom. The third-order valence-electron chi connectivity index (χ3n) is 2.44. The summed E-state index contributed by atoms with van der Waals surface area (Å²) in [5.74, 6) is -1.20. The Morgan fingerprint density at radius 1 is 1.33 bits per heavy atom. The molecule has 0 radical (unpaired) electrons. The normalized spacial score (nSPS) is 10.0. The number of aromatic nitrogens is 1. The van der Waals surface area contributed by atoms with E-state index in [1.54, 1.807) is 24.3 Å². The van der Waals surface area contributed by atoms with Crippen LogP contribution in [0.25, 0.3) is 10.9 Å². The van der Waals surface area contributed by atoms with Crippen LogP contribution in [-0.4, -0.2) is 16.8 Å². The van der Waals surface area contributed by atoms with Gasteiger partial charge >= 0.3 is 0 Å². The van der Waals surface area contributed by atoms with Gasteiger partial charge in [-0.05, 0) is 18.3 Å². The average Bonchev–Trinajstić information content (AvgIpc) is 2.37. The van der Waals surface area contributed by atoms with Crippen molar-refractivity contribution >= 4 is 22.7 Å². The Labute approximate surface area is 103 Å². The second-order valence-corrected chi connectivity index (χ2v) is 3.62. The number of pyridine rings is 1. The molecule has 18 heavy (non-hydrogen) atoms. The first kappa shape index (κ1) is 11.8. The summed E-state index contributed by atoms with van der Waals surface area (Å²) in [7, 11) is 0. The maximum Gasteiger partial charge on any atom is 0.274 e. The van der Waals surface area contributed by atoms with Gasteiger partial charge in [-0.2, -0.15) is 0 Å². The van der Waals surface area contributed by atoms with E-state index >= 15 is 0 Å². The number of primary amides is 1. The number of benzene rings is 1. The highest BCUT2D eigenvalue weighted by molar-refractivity contribution is 6.08. The van der Waals surface area contributed by atoms with Crippen LogP contribution in [0.2, 0.25) is 0 Å². The molecule has 5 nitrogen and oxygen atoms in total. The molecule has 5 heteroatoms. The summed E-state index contributed by atoms with van der Waals surface area (Å²) in [5.41, 5.74) is 5.97. The van der Waals surface area contributed by atoms with Crippen LogP contribution < -0.4 is 11.1 Å². The van der Waals surface area contributed by atoms with Crippen molar-refractivity contribution in [1.82, 2.24) is 10.3 Å². The van der Waals surface area contributed by atoms with Crippen LogP contribution in [0, 0.1) is 0 Å². The van der Waals surface area contributed by atoms with E-state index in [2.05, 4.69) is 16.9 Å². The van der Waals surface area contributed by atoms with Gasteiger partial charge in [0, 0.05) is 5.39 Å². The second-order valence-electron chi connectivity index (χ2n) is 3.62. The molecule has 90 valence electrons. The molecular formula is C13H11N3O2. The van der Waals surface area contributed by atoms with Crippen molar-refractivity contribution in [2.45, 2.75) is 0 Å². The zero-order chi connectivity index (χ0) is 13.1. The Kier molecular flexibility index (Phi) is 3.05. The topological polar surface area (TPSA) is 85.1 Å². The molecule has 2 aromatic rings. The zero-order valence-corrected chi connectivity index (χ0v) is 9.51. The Hall–Kier alpha value is -2.69. The molecule has 0 aliphatic carbocycles. The van der Waals surface area contributed by atoms with Crippen molar-refractivity contribution in [2.24, 2.45) is 5.73 Å². The lowest BCUT2D eigenvalue weighted by Gasteiger charge is -2.06. The van der Waals surface area contributed by atoms with E-state index in [0.29, 0.717) is 5.52 Å². The summed E-state index contributed by atoms with van der Waals surface area (Å²) >= 11 is 0. The smallest absolute Gasteiger partial charge is 0.274 e. The van der Waals surface area contributed by atoms with E-state index in [1.165, 1.54) is 6.20 Å². The third-order valence-corrected chi connectivity index (χ3v) is 2.44. The summed E-state index contributed by atoms with van der Waals surface area (Å²) in [4.78, 5) is 27.3. The molecule has 1 aromatic heterocycles. The maximum atomic E-state index is 11.8. The van der Waals surface area contributed by atoms with Crippen LogP contribution in [0.1, 0.15) is 20.8 Å². The summed E-state index contributed by atoms with van der Waals surface area (Å²) < 4.78 is 0. The predicted molar refractivity (Wildman–Crippen MR) is 67.9 cm³/mol. The minimum absolute atomic E-state index is 0.00102. The first-order valence-corrected chi connectivity index (χ1v) is 5.25. The number of nitrogens with zero attached hydrogens (tertiary/aromatic N) is 1. The van der Waals surface area contributed by atoms with E-state index < -0.39 is 11.8 Å². The first-order valence-electron chi connectivity index (χ1n) is 5.25. The first-order chi connectivity index (χ1) is 8.63. The van der Waals surface area contributed by atoms with E-state index in [1.807, 2.05) is 6.07 Å². The fourth-order valence-corrected chi connectivity index (χ4v) is 1.64. The number of nitrogens with two attached hydrogens (primary N) is 1. The molecule has 1 heterocycles. The van der Waals surface area contributed by atoms with Crippen molar-refractivity contribution in [3.63, 3.8) is 0 Å². The van der Waals surface area contributed by atoms with Gasteiger partial charge in [0.05, 0.1) is 11.1 Å². The number of amides is 2. The quantitative estimate of drug-likeness (QED) is 0.846. The number of hydrogen-bond acceptors (Lipinski definition) is 3. The summed E-state index contributed by atoms with van der Waals surface area (Å²) in [5, 5.41) is 3.13. The molecule has 0 aliphatic rings. The lowest BCUT2D eigenvalue weighted by atomic mass is 10.1. The van der Waals surface area contributed by atoms with Crippen LogP contribution in [-0.2, 0) is 0 Å². The van der Waals surface area contributed by atoms with Gasteiger partial charge in [-0.1, -0.05) is 24.8 Å². The van der Waals surface area contributed by atoms with Gasteiger partial charge in [-0.3, -0.25) is 9.59 Å². The van der Waals surface area contributed by atoms with Crippen molar-refractivity contribution in [3.05, 3.63) is 54.4 Å². The molecule has 2 rings (SSSR count). The molecule has 0 unspecified atom stereocenters. The monoisotopic (exact) mass is 241 g/mol. The van der Waals surface area contributed by atoms with Crippen molar-refractivity contribution in [3.8, 4) is 0 Å². The number of fused-ring (bicyclic) bond motifs is 1. The molecular weight excluding hydrogens is 230 g/mol. The number of hydrogen-bond donors (Lipinski definition) is 2. The van der Waals surface area contributed by atoms with Crippen LogP contribution >= 0.6 is 0 Å². The fraction of sp³-hybridized carbons (Fsp3) is 0. The van der Waals surface area contributed by atoms with Crippen molar-refractivity contribution < 1.29 is 9.59 Å². The van der Waals surface area contributed by atoms with Gasteiger partial charge in [-0.15, -0.1) is 0 Å². The minimum Gasteiger partial charge on any atom is -0.366 e. The number of carbonyl (C=O) groups is 2. The number of para-hydroxylation sites is 1. The molecule has 0 bridgehead atoms. The SMILES string of the molecule is C=CNC(=O)c1nc2ccccc2cc1C(N)=O. The lowest BCUT2D eigenvalue weighted by Crippen LogP contribution is -2.24. The number of carbonyl (C=O) groups excluding carboxylic acids is 2. The maximum absolute atomic E-state index is 11.8. The fourth-order valence-electron chi connectivity index (χ4n) is 1.64. The molecule has 0 saturated carbocycles. The van der Waals surface area contributed by atoms with E-state index in [0.717, 1.165) is 5.39 Å². The van der Waals surface area contributed by atoms with Crippen molar-refractivity contribution in [2.75, 3.05) is 0 Å². The number of nitrogens with one attached hydrogen (secondary N) is 1. The summed E-state index contributed by atoms with van der Waals surface area (Å²) in [6.07, 6.45) is 1.23. The average molecular weight is 241 g/mol. The largest absolute Gasteiger partial charge is 0.366 e. The Morgan fingerprint density at radius 2 is 2.06 bits per heavy atom. The summed E-state index contributed by atoms with van der Waals surface area (Å²) in [6.45, 7) is 3.39. The summed E-state index contributed by atoms with van der Waals surface area (Å²) in [6, 6.07) is 8.73. The van der Waals surface area contributed by atoms with Crippen LogP contribution in [0.15, 0.2) is 43.1 Å². The lowest BCUT2D eigenvalue weighted by molar-refractivity contribution is 0.0944. The number of rotatable bonds is 3. The van der Waals surface area contributed by atoms with Gasteiger partial charge in [0.1, 0.15) is 5.69 Å². The standard InChI is InChI=1S/C13H11N3O2/c1-2-15-13(18)11-9(12(14)17)7-8-5-3-4-6-10(8)16-11/h2-7H,1H2,(H2,14,17)(H,15,18). The predicted octanol–water partition coefficient (Wildman–Crippen LogP) is 1.21. The molecule has 0 atom stereocenters. The van der Waals surface area contributed by atoms with E-state index in [9.17, 15) is 9.59 Å². The van der Waals surface area contributed by atoms with Gasteiger partial charge in [0.2, 0.25) is 0 Å². The van der Waals surface area contributed by atoms with E-state index in [4.69, 9.17) is 5.73 Å². The minimum atomic E-state index is -0.692. The van der Waals surface area contributed by atoms with Crippen LogP contribution in [0.3, 0.4) is 0 Å². The van der Waals surface area contributed by atoms with Crippen LogP contribution in [0.5, 0.6) is 0 Å². The van der Waals surface area contributed by atoms with Gasteiger partial charge in [-0.25, -0.2) is 4.98 Å². The molecule has 0 spiro atoms. The Bertz CT molecular complexity index is 650. The van der Waals surface area contributed by atoms with Gasteiger partial charge in [0.25, 0.3) is 11.8 Å². The Balaban J connectivity index is 2.68. The third kappa shape index (κ3) is 2.06. The van der Waals surface area contributed by atoms with Gasteiger partial charge in [0.15, 0.2) is 0 Å². The highest BCUT2D eigenvalue weighted by Gasteiger charge is 2.17. The molecule has 0 saturated heterocycles. The zero-order valence-electron chi connectivity index (χ0n) is 9.51. The molecule has 2 amide bonds. The van der Waals surface area contributed by atoms with Crippen molar-refractivity contribution in [1.29, 1.82) is 0 Å².